The number of hydrogen-bond donors (Lipinski definition) is 1. The summed E-state index contributed by atoms with van der Waals surface area (Å²) in [4.78, 5) is 36.9. The van der Waals surface area contributed by atoms with Crippen molar-refractivity contribution in [1.29, 1.82) is 0 Å². The number of rotatable bonds is 3. The van der Waals surface area contributed by atoms with Crippen molar-refractivity contribution in [2.45, 2.75) is 26.8 Å². The number of hydrogen-bond acceptors (Lipinski definition) is 6. The third-order valence-electron chi connectivity index (χ3n) is 6.06. The second-order valence-corrected chi connectivity index (χ2v) is 9.70. The number of aromatic nitrogens is 2. The molecule has 1 fully saturated rings. The van der Waals surface area contributed by atoms with Crippen LogP contribution in [0.1, 0.15) is 34.0 Å². The Morgan fingerprint density at radius 1 is 1.03 bits per heavy atom. The number of nitrogens with zero attached hydrogens (tertiary/aromatic N) is 3. The number of Topliss-reactive ketones (excluding diaryl/α,β-unsaturated/α-hetero) is 1. The van der Waals surface area contributed by atoms with E-state index in [1.54, 1.807) is 42.6 Å². The van der Waals surface area contributed by atoms with Crippen LogP contribution in [0, 0.1) is 20.8 Å². The van der Waals surface area contributed by atoms with E-state index in [0.717, 1.165) is 21.4 Å². The summed E-state index contributed by atoms with van der Waals surface area (Å²) >= 11 is 7.56. The number of benzene rings is 2. The molecule has 0 aliphatic carbocycles. The lowest BCUT2D eigenvalue weighted by atomic mass is 9.97. The van der Waals surface area contributed by atoms with Crippen molar-refractivity contribution < 1.29 is 14.7 Å². The number of anilines is 1. The number of carbonyl (C=O) groups excluding carboxylic acids is 2. The molecule has 0 bridgehead atoms. The molecule has 2 aromatic carbocycles. The van der Waals surface area contributed by atoms with Gasteiger partial charge in [0.25, 0.3) is 5.78 Å². The maximum Gasteiger partial charge on any atom is 0.301 e. The Morgan fingerprint density at radius 3 is 2.53 bits per heavy atom. The zero-order valence-electron chi connectivity index (χ0n) is 18.7. The van der Waals surface area contributed by atoms with E-state index in [9.17, 15) is 14.7 Å². The zero-order chi connectivity index (χ0) is 24.1. The van der Waals surface area contributed by atoms with E-state index in [-0.39, 0.29) is 11.3 Å². The fourth-order valence-corrected chi connectivity index (χ4v) is 5.26. The third kappa shape index (κ3) is 3.57. The van der Waals surface area contributed by atoms with Crippen molar-refractivity contribution >= 4 is 55.7 Å². The van der Waals surface area contributed by atoms with E-state index in [1.165, 1.54) is 16.2 Å². The van der Waals surface area contributed by atoms with Crippen LogP contribution in [0.25, 0.3) is 16.0 Å². The van der Waals surface area contributed by atoms with Gasteiger partial charge in [0.1, 0.15) is 11.8 Å². The van der Waals surface area contributed by atoms with Crippen LogP contribution in [0.4, 0.5) is 5.13 Å². The summed E-state index contributed by atoms with van der Waals surface area (Å²) in [6, 6.07) is 13.4. The highest BCUT2D eigenvalue weighted by Crippen LogP contribution is 2.44. The molecule has 1 saturated heterocycles. The highest BCUT2D eigenvalue weighted by atomic mass is 35.5. The molecular formula is C26H20ClN3O3S. The Kier molecular flexibility index (Phi) is 5.46. The summed E-state index contributed by atoms with van der Waals surface area (Å²) in [7, 11) is 0. The monoisotopic (exact) mass is 489 g/mol. The normalized spacial score (nSPS) is 17.6. The SMILES string of the molecule is Cc1ccc(/C(O)=C2\C(=O)C(=O)N(c3nc4cc(Cl)c(C)cc4s3)C2c2ccccn2)cc1C. The average Bonchev–Trinajstić information content (AvgIpc) is 3.33. The van der Waals surface area contributed by atoms with Crippen LogP contribution in [-0.2, 0) is 9.59 Å². The fraction of sp³-hybridized carbons (Fsp3) is 0.154. The van der Waals surface area contributed by atoms with E-state index in [0.29, 0.717) is 26.9 Å². The van der Waals surface area contributed by atoms with Crippen molar-refractivity contribution in [1.82, 2.24) is 9.97 Å². The molecule has 6 nitrogen and oxygen atoms in total. The standard InChI is InChI=1S/C26H20ClN3O3S/c1-13-7-8-16(10-14(13)2)23(31)21-22(18-6-4-5-9-28-18)30(25(33)24(21)32)26-29-19-12-17(27)15(3)11-20(19)34-26/h4-12,22,31H,1-3H3/b23-21+. The molecule has 0 spiro atoms. The lowest BCUT2D eigenvalue weighted by Gasteiger charge is -2.22. The first-order valence-corrected chi connectivity index (χ1v) is 11.8. The molecule has 1 aliphatic rings. The number of amides is 1. The molecule has 2 aromatic heterocycles. The molecule has 1 atom stereocenters. The van der Waals surface area contributed by atoms with Crippen LogP contribution < -0.4 is 4.90 Å². The van der Waals surface area contributed by atoms with E-state index < -0.39 is 17.7 Å². The summed E-state index contributed by atoms with van der Waals surface area (Å²) in [6.45, 7) is 5.78. The fourth-order valence-electron chi connectivity index (χ4n) is 4.03. The summed E-state index contributed by atoms with van der Waals surface area (Å²) in [5.74, 6) is -1.78. The molecule has 5 rings (SSSR count). The number of pyridine rings is 1. The van der Waals surface area contributed by atoms with Gasteiger partial charge < -0.3 is 5.11 Å². The molecule has 1 aliphatic heterocycles. The molecule has 0 radical (unpaired) electrons. The summed E-state index contributed by atoms with van der Waals surface area (Å²) < 4.78 is 0.840. The summed E-state index contributed by atoms with van der Waals surface area (Å²) in [5, 5.41) is 12.2. The van der Waals surface area contributed by atoms with Gasteiger partial charge >= 0.3 is 5.91 Å². The van der Waals surface area contributed by atoms with Gasteiger partial charge in [-0.15, -0.1) is 0 Å². The molecule has 1 N–H and O–H groups in total. The Morgan fingerprint density at radius 2 is 1.82 bits per heavy atom. The highest BCUT2D eigenvalue weighted by Gasteiger charge is 2.48. The van der Waals surface area contributed by atoms with Gasteiger partial charge in [-0.3, -0.25) is 19.5 Å². The van der Waals surface area contributed by atoms with Crippen LogP contribution in [0.5, 0.6) is 0 Å². The Bertz CT molecular complexity index is 1470. The number of carbonyl (C=O) groups is 2. The first kappa shape index (κ1) is 22.3. The first-order chi connectivity index (χ1) is 16.3. The van der Waals surface area contributed by atoms with Gasteiger partial charge in [-0.2, -0.15) is 0 Å². The molecule has 4 aromatic rings. The number of thiazole rings is 1. The number of fused-ring (bicyclic) bond motifs is 1. The smallest absolute Gasteiger partial charge is 0.301 e. The molecular weight excluding hydrogens is 470 g/mol. The van der Waals surface area contributed by atoms with Crippen LogP contribution in [0.3, 0.4) is 0 Å². The maximum absolute atomic E-state index is 13.3. The van der Waals surface area contributed by atoms with Gasteiger partial charge in [-0.1, -0.05) is 41.1 Å². The Balaban J connectivity index is 1.73. The minimum Gasteiger partial charge on any atom is -0.507 e. The maximum atomic E-state index is 13.3. The van der Waals surface area contributed by atoms with Crippen LogP contribution >= 0.6 is 22.9 Å². The summed E-state index contributed by atoms with van der Waals surface area (Å²) in [6.07, 6.45) is 1.59. The first-order valence-electron chi connectivity index (χ1n) is 10.6. The van der Waals surface area contributed by atoms with Crippen molar-refractivity contribution in [3.8, 4) is 0 Å². The second kappa shape index (κ2) is 8.34. The van der Waals surface area contributed by atoms with Crippen LogP contribution in [-0.4, -0.2) is 26.8 Å². The minimum absolute atomic E-state index is 0.0135. The molecule has 170 valence electrons. The Labute approximate surface area is 205 Å². The summed E-state index contributed by atoms with van der Waals surface area (Å²) in [5.41, 5.74) is 4.45. The predicted octanol–water partition coefficient (Wildman–Crippen LogP) is 5.90. The number of aliphatic hydroxyl groups excluding tert-OH is 1. The lowest BCUT2D eigenvalue weighted by molar-refractivity contribution is -0.132. The quantitative estimate of drug-likeness (QED) is 0.220. The number of ketones is 1. The molecule has 34 heavy (non-hydrogen) atoms. The predicted molar refractivity (Wildman–Crippen MR) is 134 cm³/mol. The van der Waals surface area contributed by atoms with Gasteiger partial charge in [-0.25, -0.2) is 4.98 Å². The molecule has 0 saturated carbocycles. The van der Waals surface area contributed by atoms with Crippen molar-refractivity contribution in [2.24, 2.45) is 0 Å². The minimum atomic E-state index is -0.917. The van der Waals surface area contributed by atoms with Gasteiger partial charge in [0.15, 0.2) is 5.13 Å². The molecule has 8 heteroatoms. The van der Waals surface area contributed by atoms with Crippen molar-refractivity contribution in [2.75, 3.05) is 4.90 Å². The molecule has 1 unspecified atom stereocenters. The van der Waals surface area contributed by atoms with Crippen LogP contribution in [0.2, 0.25) is 5.02 Å². The average molecular weight is 490 g/mol. The number of halogens is 1. The topological polar surface area (TPSA) is 83.4 Å². The van der Waals surface area contributed by atoms with Gasteiger partial charge in [0.05, 0.1) is 21.5 Å². The van der Waals surface area contributed by atoms with Gasteiger partial charge in [0, 0.05) is 16.8 Å². The number of aliphatic hydroxyl groups is 1. The van der Waals surface area contributed by atoms with E-state index >= 15 is 0 Å². The molecule has 3 heterocycles. The lowest BCUT2D eigenvalue weighted by Crippen LogP contribution is -2.29. The van der Waals surface area contributed by atoms with E-state index in [1.807, 2.05) is 32.9 Å². The van der Waals surface area contributed by atoms with Crippen molar-refractivity contribution in [3.63, 3.8) is 0 Å². The van der Waals surface area contributed by atoms with Crippen LogP contribution in [0.15, 0.2) is 60.3 Å². The highest BCUT2D eigenvalue weighted by molar-refractivity contribution is 7.22. The largest absolute Gasteiger partial charge is 0.507 e. The van der Waals surface area contributed by atoms with Gasteiger partial charge in [-0.05, 0) is 67.8 Å². The third-order valence-corrected chi connectivity index (χ3v) is 7.48. The van der Waals surface area contributed by atoms with Gasteiger partial charge in [0.2, 0.25) is 0 Å². The zero-order valence-corrected chi connectivity index (χ0v) is 20.2. The van der Waals surface area contributed by atoms with E-state index in [2.05, 4.69) is 9.97 Å². The van der Waals surface area contributed by atoms with E-state index in [4.69, 9.17) is 11.6 Å². The number of aryl methyl sites for hydroxylation is 3. The molecule has 1 amide bonds. The van der Waals surface area contributed by atoms with Crippen molar-refractivity contribution in [3.05, 3.63) is 93.3 Å². The second-order valence-electron chi connectivity index (χ2n) is 8.29. The Hall–Kier alpha value is -3.55.